The topological polar surface area (TPSA) is 308 Å². The second-order valence-electron chi connectivity index (χ2n) is 22.8. The van der Waals surface area contributed by atoms with Crippen molar-refractivity contribution < 1.29 is 174 Å². The number of ether oxygens (including phenoxy) is 8. The van der Waals surface area contributed by atoms with E-state index in [0.717, 1.165) is 97.1 Å². The van der Waals surface area contributed by atoms with Gasteiger partial charge < -0.3 is 37.9 Å². The highest BCUT2D eigenvalue weighted by molar-refractivity contribution is 7.87. The summed E-state index contributed by atoms with van der Waals surface area (Å²) in [7, 11) is -23.6. The van der Waals surface area contributed by atoms with Gasteiger partial charge in [0.25, 0.3) is 40.5 Å². The molecule has 0 aliphatic carbocycles. The van der Waals surface area contributed by atoms with Crippen molar-refractivity contribution in [3.63, 3.8) is 0 Å². The number of hydrogen-bond donors (Lipinski definition) is 4. The van der Waals surface area contributed by atoms with Gasteiger partial charge in [0.15, 0.2) is 87.1 Å². The van der Waals surface area contributed by atoms with E-state index in [-0.39, 0.29) is 72.9 Å². The zero-order chi connectivity index (χ0) is 80.3. The van der Waals surface area contributed by atoms with Crippen LogP contribution >= 0.6 is 0 Å². The Hall–Kier alpha value is -10.7. The lowest BCUT2D eigenvalue weighted by atomic mass is 9.97. The molecule has 2 aliphatic heterocycles. The largest absolute Gasteiger partial charge is 0.454 e. The highest BCUT2D eigenvalue weighted by atomic mass is 32.2. The van der Waals surface area contributed by atoms with Crippen LogP contribution in [0.4, 0.5) is 79.0 Å². The van der Waals surface area contributed by atoms with Gasteiger partial charge in [0.2, 0.25) is 58.0 Å². The van der Waals surface area contributed by atoms with Crippen LogP contribution in [0, 0.1) is 105 Å². The van der Waals surface area contributed by atoms with Crippen LogP contribution in [0.5, 0.6) is 46.0 Å². The van der Waals surface area contributed by atoms with Crippen molar-refractivity contribution in [2.75, 3.05) is 26.4 Å². The molecule has 0 saturated carbocycles. The molecule has 0 aromatic heterocycles. The molecule has 43 heteroatoms. The summed E-state index contributed by atoms with van der Waals surface area (Å²) in [5.74, 6) is -63.5. The van der Waals surface area contributed by atoms with E-state index in [2.05, 4.69) is 0 Å². The molecule has 4 N–H and O–H groups in total. The van der Waals surface area contributed by atoms with Crippen molar-refractivity contribution in [2.45, 2.75) is 31.2 Å². The number of benzene rings is 10. The van der Waals surface area contributed by atoms with Crippen LogP contribution in [0.15, 0.2) is 141 Å². The second-order valence-corrected chi connectivity index (χ2v) is 28.3. The fourth-order valence-electron chi connectivity index (χ4n) is 11.3. The SMILES string of the molecule is O=C(c1cc(S(=O)(=O)O)c(Oc2ccc(C3(c4ccc(Oc5c(F)c(F)c(-c6c(F)c(F)c(F)c(F)c6F)c(F)c5F)cc4)OCCO3)cc2)c(S(=O)(=O)O)c1)c1cc(S(=O)(=O)O)c(Oc2ccc(C3(c4ccc(Oc5c(F)c(F)c(-c6c(F)c(F)c(F)c(F)c6F)c(F)c5F)cc4)OCCO3)cc2)c(S(=O)(=O)O)c1. The molecule has 0 atom stereocenters. The summed E-state index contributed by atoms with van der Waals surface area (Å²) in [6, 6.07) is 16.7. The average Bonchev–Trinajstić information content (AvgIpc) is 0.942. The first kappa shape index (κ1) is 78.9. The minimum Gasteiger partial charge on any atom is -0.454 e. The summed E-state index contributed by atoms with van der Waals surface area (Å²) in [6.45, 7) is -0.757. The molecule has 576 valence electrons. The summed E-state index contributed by atoms with van der Waals surface area (Å²) in [5.41, 5.74) is -12.1. The highest BCUT2D eigenvalue weighted by Crippen LogP contribution is 2.49. The highest BCUT2D eigenvalue weighted by Gasteiger charge is 2.45. The molecule has 0 amide bonds. The second kappa shape index (κ2) is 28.6. The normalized spacial score (nSPS) is 14.5. The van der Waals surface area contributed by atoms with Crippen molar-refractivity contribution in [1.29, 1.82) is 0 Å². The number of hydrogen-bond acceptors (Lipinski definition) is 17. The average molecular weight is 1640 g/mol. The van der Waals surface area contributed by atoms with E-state index in [9.17, 15) is 101 Å². The first-order valence-corrected chi connectivity index (χ1v) is 35.4. The molecular formula is C67H32F18O21S4. The Morgan fingerprint density at radius 3 is 0.636 bits per heavy atom. The van der Waals surface area contributed by atoms with Gasteiger partial charge in [-0.05, 0) is 121 Å². The third-order valence-electron chi connectivity index (χ3n) is 16.2. The van der Waals surface area contributed by atoms with Crippen molar-refractivity contribution in [2.24, 2.45) is 0 Å². The Bertz CT molecular complexity index is 5450. The third kappa shape index (κ3) is 13.8. The molecule has 0 spiro atoms. The number of ketones is 1. The first-order valence-electron chi connectivity index (χ1n) is 29.7. The quantitative estimate of drug-likeness (QED) is 0.0181. The molecule has 12 rings (SSSR count). The zero-order valence-corrected chi connectivity index (χ0v) is 56.3. The van der Waals surface area contributed by atoms with Crippen molar-refractivity contribution in [3.8, 4) is 68.2 Å². The van der Waals surface area contributed by atoms with Crippen molar-refractivity contribution >= 4 is 46.3 Å². The van der Waals surface area contributed by atoms with E-state index in [0.29, 0.717) is 0 Å². The maximum atomic E-state index is 15.3. The maximum Gasteiger partial charge on any atom is 0.298 e. The Balaban J connectivity index is 0.801. The van der Waals surface area contributed by atoms with Crippen molar-refractivity contribution in [3.05, 3.63) is 259 Å². The van der Waals surface area contributed by atoms with E-state index >= 15 is 35.1 Å². The molecule has 0 unspecified atom stereocenters. The van der Waals surface area contributed by atoms with E-state index < -0.39 is 261 Å². The summed E-state index contributed by atoms with van der Waals surface area (Å²) in [4.78, 5) is 7.68. The fourth-order valence-corrected chi connectivity index (χ4v) is 14.1. The number of carbonyl (C=O) groups excluding carboxylic acids is 1. The van der Waals surface area contributed by atoms with Gasteiger partial charge in [0.1, 0.15) is 42.6 Å². The summed E-state index contributed by atoms with van der Waals surface area (Å²) >= 11 is 0. The monoisotopic (exact) mass is 1640 g/mol. The molecule has 0 bridgehead atoms. The van der Waals surface area contributed by atoms with Gasteiger partial charge in [-0.2, -0.15) is 51.2 Å². The number of rotatable bonds is 20. The Labute approximate surface area is 602 Å². The van der Waals surface area contributed by atoms with Crippen LogP contribution in [-0.4, -0.2) is 84.1 Å². The third-order valence-corrected chi connectivity index (χ3v) is 19.7. The Morgan fingerprint density at radius 2 is 0.445 bits per heavy atom. The van der Waals surface area contributed by atoms with Gasteiger partial charge in [0, 0.05) is 33.4 Å². The van der Waals surface area contributed by atoms with Gasteiger partial charge in [-0.15, -0.1) is 0 Å². The fraction of sp³-hybridized carbons (Fsp3) is 0.0896. The summed E-state index contributed by atoms with van der Waals surface area (Å²) in [5, 5.41) is 0. The molecule has 2 aliphatic rings. The minimum atomic E-state index is -5.90. The number of carbonyl (C=O) groups is 1. The molecule has 0 radical (unpaired) electrons. The smallest absolute Gasteiger partial charge is 0.298 e. The van der Waals surface area contributed by atoms with Crippen LogP contribution < -0.4 is 18.9 Å². The predicted molar refractivity (Wildman–Crippen MR) is 330 cm³/mol. The Morgan fingerprint density at radius 1 is 0.273 bits per heavy atom. The first-order chi connectivity index (χ1) is 51.4. The van der Waals surface area contributed by atoms with Crippen LogP contribution in [0.1, 0.15) is 38.2 Å². The summed E-state index contributed by atoms with van der Waals surface area (Å²) in [6.07, 6.45) is 0. The lowest BCUT2D eigenvalue weighted by Crippen LogP contribution is -2.28. The van der Waals surface area contributed by atoms with Crippen LogP contribution in [0.25, 0.3) is 22.3 Å². The van der Waals surface area contributed by atoms with E-state index in [1.807, 2.05) is 0 Å². The summed E-state index contributed by atoms with van der Waals surface area (Å²) < 4.78 is 455. The molecule has 2 heterocycles. The van der Waals surface area contributed by atoms with Gasteiger partial charge in [-0.25, -0.2) is 61.5 Å². The molecule has 21 nitrogen and oxygen atoms in total. The van der Waals surface area contributed by atoms with Gasteiger partial charge in [-0.1, -0.05) is 0 Å². The lowest BCUT2D eigenvalue weighted by molar-refractivity contribution is -0.130. The van der Waals surface area contributed by atoms with Gasteiger partial charge in [0.05, 0.1) is 48.7 Å². The molecule has 10 aromatic rings. The molecule has 110 heavy (non-hydrogen) atoms. The standard InChI is InChI=1S/C67H32F18O21S4/c68-43-39(44(69)52(77)55(80)51(43)76)41-47(72)57(82)64(58(83)48(41)73)105-33-13-5-29(6-14-33)66(99-17-18-100-66)27-1-9-31(10-2-27)103-62-35(107(87,88)89)21-25(22-36(62)108(90,91)92)61(86)26-23-37(109(93,94)95)63(38(24-26)110(96,97)98)104-32-11-3-28(4-12-32)67(101-19-20-102-67)30-7-15-34(16-8-30)106-65-59(84)49(74)42(50(75)60(65)85)40-45(70)53(78)56(81)54(79)46(40)71/h1-16,21-24H,17-20H2,(H,87,88,89)(H,90,91,92)(H,93,94,95)(H,96,97,98). The van der Waals surface area contributed by atoms with Crippen LogP contribution in [0.2, 0.25) is 0 Å². The van der Waals surface area contributed by atoms with E-state index in [4.69, 9.17) is 37.9 Å². The lowest BCUT2D eigenvalue weighted by Gasteiger charge is -2.28. The van der Waals surface area contributed by atoms with E-state index in [1.54, 1.807) is 0 Å². The molecule has 10 aromatic carbocycles. The van der Waals surface area contributed by atoms with Gasteiger partial charge in [-0.3, -0.25) is 23.0 Å². The minimum absolute atomic E-state index is 0.0297. The van der Waals surface area contributed by atoms with Gasteiger partial charge >= 0.3 is 0 Å². The predicted octanol–water partition coefficient (Wildman–Crippen LogP) is 15.4. The van der Waals surface area contributed by atoms with Crippen molar-refractivity contribution in [1.82, 2.24) is 0 Å². The maximum absolute atomic E-state index is 15.3. The molecule has 2 fully saturated rings. The van der Waals surface area contributed by atoms with E-state index in [1.165, 1.54) is 0 Å². The Kier molecular flexibility index (Phi) is 20.5. The van der Waals surface area contributed by atoms with Crippen LogP contribution in [-0.2, 0) is 71.0 Å². The number of halogens is 18. The molecular weight excluding hydrogens is 1610 g/mol. The van der Waals surface area contributed by atoms with Crippen LogP contribution in [0.3, 0.4) is 0 Å². The zero-order valence-electron chi connectivity index (χ0n) is 53.0. The molecule has 2 saturated heterocycles.